The standard InChI is InChI=1S/C22H19ClN2O2/c23-19-12-6-15(7-13-19)14-20(21(24)26)25-22(27)18-10-8-17(9-11-18)16-4-2-1-3-5-16/h1-13,20H,14H2,(H2,24,26)(H,25,27)/t20-/m1/s1. The molecule has 0 saturated heterocycles. The fourth-order valence-electron chi connectivity index (χ4n) is 2.77. The van der Waals surface area contributed by atoms with Gasteiger partial charge in [0.2, 0.25) is 5.91 Å². The summed E-state index contributed by atoms with van der Waals surface area (Å²) in [5.74, 6) is -0.924. The van der Waals surface area contributed by atoms with Crippen molar-refractivity contribution in [2.45, 2.75) is 12.5 Å². The zero-order chi connectivity index (χ0) is 19.2. The van der Waals surface area contributed by atoms with E-state index in [1.165, 1.54) is 0 Å². The van der Waals surface area contributed by atoms with Crippen LogP contribution in [0.5, 0.6) is 0 Å². The number of hydrogen-bond acceptors (Lipinski definition) is 2. The van der Waals surface area contributed by atoms with Gasteiger partial charge in [-0.15, -0.1) is 0 Å². The molecule has 0 aliphatic rings. The van der Waals surface area contributed by atoms with Crippen molar-refractivity contribution in [2.24, 2.45) is 5.73 Å². The number of halogens is 1. The van der Waals surface area contributed by atoms with E-state index in [2.05, 4.69) is 5.32 Å². The number of rotatable bonds is 6. The fourth-order valence-corrected chi connectivity index (χ4v) is 2.89. The maximum absolute atomic E-state index is 12.5. The van der Waals surface area contributed by atoms with Gasteiger partial charge in [-0.3, -0.25) is 9.59 Å². The van der Waals surface area contributed by atoms with E-state index in [4.69, 9.17) is 17.3 Å². The number of benzene rings is 3. The number of nitrogens with two attached hydrogens (primary N) is 1. The van der Waals surface area contributed by atoms with Crippen molar-refractivity contribution in [1.82, 2.24) is 5.32 Å². The molecule has 136 valence electrons. The predicted octanol–water partition coefficient (Wildman–Crippen LogP) is 3.83. The molecule has 5 heteroatoms. The van der Waals surface area contributed by atoms with Gasteiger partial charge in [0, 0.05) is 17.0 Å². The highest BCUT2D eigenvalue weighted by Gasteiger charge is 2.19. The van der Waals surface area contributed by atoms with E-state index in [0.29, 0.717) is 17.0 Å². The average Bonchev–Trinajstić information content (AvgIpc) is 2.69. The maximum atomic E-state index is 12.5. The largest absolute Gasteiger partial charge is 0.368 e. The molecule has 2 amide bonds. The molecular formula is C22H19ClN2O2. The molecule has 0 aliphatic heterocycles. The molecular weight excluding hydrogens is 360 g/mol. The molecule has 27 heavy (non-hydrogen) atoms. The lowest BCUT2D eigenvalue weighted by atomic mass is 10.0. The van der Waals surface area contributed by atoms with Crippen LogP contribution in [-0.4, -0.2) is 17.9 Å². The van der Waals surface area contributed by atoms with Gasteiger partial charge in [0.1, 0.15) is 6.04 Å². The van der Waals surface area contributed by atoms with E-state index in [1.807, 2.05) is 42.5 Å². The van der Waals surface area contributed by atoms with Gasteiger partial charge in [-0.2, -0.15) is 0 Å². The molecule has 3 aromatic rings. The smallest absolute Gasteiger partial charge is 0.251 e. The average molecular weight is 379 g/mol. The highest BCUT2D eigenvalue weighted by molar-refractivity contribution is 6.30. The molecule has 0 aromatic heterocycles. The third kappa shape index (κ3) is 4.96. The Morgan fingerprint density at radius 2 is 1.44 bits per heavy atom. The van der Waals surface area contributed by atoms with E-state index in [9.17, 15) is 9.59 Å². The second-order valence-corrected chi connectivity index (χ2v) is 6.64. The molecule has 0 fully saturated rings. The Kier molecular flexibility index (Phi) is 5.89. The van der Waals surface area contributed by atoms with E-state index >= 15 is 0 Å². The number of primary amides is 1. The van der Waals surface area contributed by atoms with Crippen LogP contribution in [0.4, 0.5) is 0 Å². The zero-order valence-electron chi connectivity index (χ0n) is 14.6. The fraction of sp³-hybridized carbons (Fsp3) is 0.0909. The van der Waals surface area contributed by atoms with Gasteiger partial charge >= 0.3 is 0 Å². The summed E-state index contributed by atoms with van der Waals surface area (Å²) in [5, 5.41) is 3.32. The van der Waals surface area contributed by atoms with Gasteiger partial charge in [0.15, 0.2) is 0 Å². The van der Waals surface area contributed by atoms with Crippen LogP contribution < -0.4 is 11.1 Å². The van der Waals surface area contributed by atoms with Crippen LogP contribution in [0.2, 0.25) is 5.02 Å². The van der Waals surface area contributed by atoms with Crippen molar-refractivity contribution < 1.29 is 9.59 Å². The normalized spacial score (nSPS) is 11.6. The first-order chi connectivity index (χ1) is 13.0. The molecule has 0 heterocycles. The summed E-state index contributed by atoms with van der Waals surface area (Å²) < 4.78 is 0. The van der Waals surface area contributed by atoms with Gasteiger partial charge in [-0.25, -0.2) is 0 Å². The Morgan fingerprint density at radius 1 is 0.852 bits per heavy atom. The Hall–Kier alpha value is -3.11. The molecule has 0 aliphatic carbocycles. The minimum atomic E-state index is -0.799. The summed E-state index contributed by atoms with van der Waals surface area (Å²) in [7, 11) is 0. The van der Waals surface area contributed by atoms with Crippen molar-refractivity contribution in [1.29, 1.82) is 0 Å². The summed E-state index contributed by atoms with van der Waals surface area (Å²) in [6.07, 6.45) is 0.306. The monoisotopic (exact) mass is 378 g/mol. The van der Waals surface area contributed by atoms with Gasteiger partial charge < -0.3 is 11.1 Å². The molecule has 0 spiro atoms. The molecule has 4 nitrogen and oxygen atoms in total. The molecule has 0 radical (unpaired) electrons. The van der Waals surface area contributed by atoms with Crippen LogP contribution >= 0.6 is 11.6 Å². The first-order valence-corrected chi connectivity index (χ1v) is 8.91. The SMILES string of the molecule is NC(=O)[C@@H](Cc1ccc(Cl)cc1)NC(=O)c1ccc(-c2ccccc2)cc1. The first kappa shape index (κ1) is 18.7. The Morgan fingerprint density at radius 3 is 2.04 bits per heavy atom. The lowest BCUT2D eigenvalue weighted by molar-refractivity contribution is -0.119. The highest BCUT2D eigenvalue weighted by Crippen LogP contribution is 2.19. The van der Waals surface area contributed by atoms with Crippen molar-refractivity contribution in [3.05, 3.63) is 95.0 Å². The molecule has 3 N–H and O–H groups in total. The quantitative estimate of drug-likeness (QED) is 0.684. The van der Waals surface area contributed by atoms with E-state index in [-0.39, 0.29) is 5.91 Å². The van der Waals surface area contributed by atoms with Crippen LogP contribution in [0.1, 0.15) is 15.9 Å². The van der Waals surface area contributed by atoms with Crippen molar-refractivity contribution in [2.75, 3.05) is 0 Å². The molecule has 3 aromatic carbocycles. The van der Waals surface area contributed by atoms with Crippen LogP contribution in [0.25, 0.3) is 11.1 Å². The predicted molar refractivity (Wildman–Crippen MR) is 107 cm³/mol. The molecule has 1 atom stereocenters. The van der Waals surface area contributed by atoms with Crippen LogP contribution in [-0.2, 0) is 11.2 Å². The van der Waals surface area contributed by atoms with Gasteiger partial charge in [-0.05, 0) is 41.0 Å². The Labute approximate surface area is 163 Å². The van der Waals surface area contributed by atoms with E-state index in [1.54, 1.807) is 36.4 Å². The number of nitrogens with one attached hydrogen (secondary N) is 1. The number of amides is 2. The van der Waals surface area contributed by atoms with Crippen LogP contribution in [0, 0.1) is 0 Å². The van der Waals surface area contributed by atoms with Crippen molar-refractivity contribution in [3.63, 3.8) is 0 Å². The topological polar surface area (TPSA) is 72.2 Å². The van der Waals surface area contributed by atoms with Gasteiger partial charge in [-0.1, -0.05) is 66.2 Å². The number of carbonyl (C=O) groups excluding carboxylic acids is 2. The summed E-state index contributed by atoms with van der Waals surface area (Å²) >= 11 is 5.87. The van der Waals surface area contributed by atoms with Crippen molar-refractivity contribution >= 4 is 23.4 Å². The second-order valence-electron chi connectivity index (χ2n) is 6.20. The summed E-state index contributed by atoms with van der Waals surface area (Å²) in [6.45, 7) is 0. The molecule has 3 rings (SSSR count). The molecule has 0 unspecified atom stereocenters. The second kappa shape index (κ2) is 8.52. The number of hydrogen-bond donors (Lipinski definition) is 2. The molecule has 0 bridgehead atoms. The molecule has 0 saturated carbocycles. The van der Waals surface area contributed by atoms with Crippen molar-refractivity contribution in [3.8, 4) is 11.1 Å². The minimum absolute atomic E-state index is 0.306. The third-order valence-corrected chi connectivity index (χ3v) is 4.51. The number of carbonyl (C=O) groups is 2. The lowest BCUT2D eigenvalue weighted by Crippen LogP contribution is -2.45. The van der Waals surface area contributed by atoms with Gasteiger partial charge in [0.05, 0.1) is 0 Å². The lowest BCUT2D eigenvalue weighted by Gasteiger charge is -2.16. The Balaban J connectivity index is 1.70. The van der Waals surface area contributed by atoms with Crippen LogP contribution in [0.3, 0.4) is 0 Å². The summed E-state index contributed by atoms with van der Waals surface area (Å²) in [5.41, 5.74) is 8.88. The maximum Gasteiger partial charge on any atom is 0.251 e. The zero-order valence-corrected chi connectivity index (χ0v) is 15.3. The Bertz CT molecular complexity index is 923. The first-order valence-electron chi connectivity index (χ1n) is 8.53. The van der Waals surface area contributed by atoms with Crippen LogP contribution in [0.15, 0.2) is 78.9 Å². The summed E-state index contributed by atoms with van der Waals surface area (Å²) in [6, 6.07) is 23.4. The highest BCUT2D eigenvalue weighted by atomic mass is 35.5. The minimum Gasteiger partial charge on any atom is -0.368 e. The van der Waals surface area contributed by atoms with E-state index in [0.717, 1.165) is 16.7 Å². The van der Waals surface area contributed by atoms with Gasteiger partial charge in [0.25, 0.3) is 5.91 Å². The third-order valence-electron chi connectivity index (χ3n) is 4.26. The summed E-state index contributed by atoms with van der Waals surface area (Å²) in [4.78, 5) is 24.3. The van der Waals surface area contributed by atoms with E-state index < -0.39 is 11.9 Å².